The first-order valence-corrected chi connectivity index (χ1v) is 14.6. The van der Waals surface area contributed by atoms with E-state index in [4.69, 9.17) is 0 Å². The quantitative estimate of drug-likeness (QED) is 0.491. The third kappa shape index (κ3) is 7.18. The third-order valence-corrected chi connectivity index (χ3v) is 8.44. The highest BCUT2D eigenvalue weighted by atomic mass is 16.2. The number of nitrogens with one attached hydrogen (secondary N) is 1. The summed E-state index contributed by atoms with van der Waals surface area (Å²) in [6.07, 6.45) is 2.92. The molecule has 3 saturated heterocycles. The van der Waals surface area contributed by atoms with Gasteiger partial charge in [-0.05, 0) is 62.4 Å². The fraction of sp³-hybridized carbons (Fsp3) is 0.667. The second kappa shape index (κ2) is 12.9. The van der Waals surface area contributed by atoms with Gasteiger partial charge in [-0.1, -0.05) is 20.8 Å². The highest BCUT2D eigenvalue weighted by Gasteiger charge is 2.51. The molecule has 3 aliphatic rings. The predicted octanol–water partition coefficient (Wildman–Crippen LogP) is 2.40. The smallest absolute Gasteiger partial charge is 0.251 e. The van der Waals surface area contributed by atoms with Crippen LogP contribution in [-0.2, 0) is 14.4 Å². The standard InChI is InChI=1S/C30H45N5O4/c1-21(2)5-10-27(37)35-20-26(36)29-25(35)12-14-34(29)28(38)19-22(3)11-13-31-30(39)23-6-8-24(9-7-23)33-17-15-32(4)16-18-33/h6-9,21-22,25,29H,5,10-20H2,1-4H3,(H,31,39). The maximum Gasteiger partial charge on any atom is 0.251 e. The number of rotatable bonds is 10. The monoisotopic (exact) mass is 539 g/mol. The Labute approximate surface area is 232 Å². The molecule has 3 unspecified atom stereocenters. The van der Waals surface area contributed by atoms with Crippen LogP contribution in [0.1, 0.15) is 63.2 Å². The molecular formula is C30H45N5O4. The van der Waals surface area contributed by atoms with Crippen molar-refractivity contribution in [1.82, 2.24) is 20.0 Å². The van der Waals surface area contributed by atoms with Gasteiger partial charge in [-0.25, -0.2) is 0 Å². The van der Waals surface area contributed by atoms with E-state index in [1.807, 2.05) is 31.2 Å². The molecule has 0 radical (unpaired) electrons. The van der Waals surface area contributed by atoms with Gasteiger partial charge in [-0.2, -0.15) is 0 Å². The summed E-state index contributed by atoms with van der Waals surface area (Å²) >= 11 is 0. The van der Waals surface area contributed by atoms with Gasteiger partial charge in [0.05, 0.1) is 12.6 Å². The SMILES string of the molecule is CC(C)CCC(=O)N1CC(=O)C2C1CCN2C(=O)CC(C)CCNC(=O)c1ccc(N2CCN(C)CC2)cc1. The lowest BCUT2D eigenvalue weighted by molar-refractivity contribution is -0.137. The van der Waals surface area contributed by atoms with Crippen LogP contribution in [0.4, 0.5) is 5.69 Å². The molecule has 3 heterocycles. The molecule has 0 spiro atoms. The summed E-state index contributed by atoms with van der Waals surface area (Å²) in [5.41, 5.74) is 1.77. The normalized spacial score (nSPS) is 22.4. The number of benzene rings is 1. The molecule has 0 bridgehead atoms. The number of hydrogen-bond acceptors (Lipinski definition) is 6. The number of anilines is 1. The van der Waals surface area contributed by atoms with Crippen molar-refractivity contribution in [3.8, 4) is 0 Å². The molecule has 3 aliphatic heterocycles. The molecule has 4 rings (SSSR count). The summed E-state index contributed by atoms with van der Waals surface area (Å²) in [6, 6.07) is 7.08. The molecule has 0 aliphatic carbocycles. The van der Waals surface area contributed by atoms with Crippen LogP contribution < -0.4 is 10.2 Å². The Hall–Kier alpha value is -2.94. The van der Waals surface area contributed by atoms with Crippen molar-refractivity contribution in [1.29, 1.82) is 0 Å². The fourth-order valence-electron chi connectivity index (χ4n) is 5.92. The number of Topliss-reactive ketones (excluding diaryl/α,β-unsaturated/α-hetero) is 1. The van der Waals surface area contributed by atoms with Crippen LogP contribution >= 0.6 is 0 Å². The Morgan fingerprint density at radius 1 is 0.923 bits per heavy atom. The lowest BCUT2D eigenvalue weighted by Crippen LogP contribution is -2.44. The fourth-order valence-corrected chi connectivity index (χ4v) is 5.92. The first kappa shape index (κ1) is 29.1. The van der Waals surface area contributed by atoms with E-state index >= 15 is 0 Å². The topological polar surface area (TPSA) is 93.3 Å². The zero-order valence-corrected chi connectivity index (χ0v) is 24.0. The van der Waals surface area contributed by atoms with Crippen LogP contribution in [0, 0.1) is 11.8 Å². The van der Waals surface area contributed by atoms with E-state index in [0.29, 0.717) is 50.3 Å². The molecule has 39 heavy (non-hydrogen) atoms. The number of fused-ring (bicyclic) bond motifs is 1. The number of ketones is 1. The number of nitrogens with zero attached hydrogens (tertiary/aromatic N) is 4. The summed E-state index contributed by atoms with van der Waals surface area (Å²) in [7, 11) is 2.13. The molecule has 3 atom stereocenters. The van der Waals surface area contributed by atoms with E-state index in [9.17, 15) is 19.2 Å². The minimum Gasteiger partial charge on any atom is -0.369 e. The average Bonchev–Trinajstić information content (AvgIpc) is 3.49. The Morgan fingerprint density at radius 3 is 2.28 bits per heavy atom. The Morgan fingerprint density at radius 2 is 1.62 bits per heavy atom. The second-order valence-corrected chi connectivity index (χ2v) is 12.0. The zero-order valence-electron chi connectivity index (χ0n) is 24.0. The van der Waals surface area contributed by atoms with E-state index < -0.39 is 6.04 Å². The summed E-state index contributed by atoms with van der Waals surface area (Å²) < 4.78 is 0. The number of likely N-dealkylation sites (tertiary alicyclic amines) is 2. The number of hydrogen-bond donors (Lipinski definition) is 1. The molecule has 9 heteroatoms. The van der Waals surface area contributed by atoms with Crippen LogP contribution in [0.3, 0.4) is 0 Å². The van der Waals surface area contributed by atoms with Gasteiger partial charge in [-0.15, -0.1) is 0 Å². The lowest BCUT2D eigenvalue weighted by atomic mass is 10.0. The Kier molecular flexibility index (Phi) is 9.64. The van der Waals surface area contributed by atoms with Crippen LogP contribution in [0.2, 0.25) is 0 Å². The number of carbonyl (C=O) groups is 4. The van der Waals surface area contributed by atoms with E-state index in [1.165, 1.54) is 0 Å². The molecule has 3 fully saturated rings. The van der Waals surface area contributed by atoms with E-state index in [1.54, 1.807) is 9.80 Å². The highest BCUT2D eigenvalue weighted by Crippen LogP contribution is 2.31. The van der Waals surface area contributed by atoms with Gasteiger partial charge >= 0.3 is 0 Å². The molecule has 1 aromatic carbocycles. The van der Waals surface area contributed by atoms with Crippen molar-refractivity contribution in [3.05, 3.63) is 29.8 Å². The highest BCUT2D eigenvalue weighted by molar-refractivity contribution is 5.97. The van der Waals surface area contributed by atoms with E-state index in [2.05, 4.69) is 36.0 Å². The van der Waals surface area contributed by atoms with Crippen molar-refractivity contribution < 1.29 is 19.2 Å². The average molecular weight is 540 g/mol. The van der Waals surface area contributed by atoms with Crippen molar-refractivity contribution in [2.24, 2.45) is 11.8 Å². The molecule has 9 nitrogen and oxygen atoms in total. The Balaban J connectivity index is 1.20. The van der Waals surface area contributed by atoms with Crippen LogP contribution in [0.15, 0.2) is 24.3 Å². The van der Waals surface area contributed by atoms with Crippen molar-refractivity contribution in [2.45, 2.75) is 65.0 Å². The number of likely N-dealkylation sites (N-methyl/N-ethyl adjacent to an activating group) is 1. The summed E-state index contributed by atoms with van der Waals surface area (Å²) in [4.78, 5) is 59.3. The van der Waals surface area contributed by atoms with Crippen LogP contribution in [0.25, 0.3) is 0 Å². The molecule has 1 aromatic rings. The third-order valence-electron chi connectivity index (χ3n) is 8.44. The predicted molar refractivity (Wildman–Crippen MR) is 152 cm³/mol. The molecule has 3 amide bonds. The second-order valence-electron chi connectivity index (χ2n) is 12.0. The zero-order chi connectivity index (χ0) is 28.1. The maximum atomic E-state index is 13.1. The van der Waals surface area contributed by atoms with Gasteiger partial charge in [0.1, 0.15) is 6.04 Å². The molecule has 0 saturated carbocycles. The first-order chi connectivity index (χ1) is 18.6. The molecule has 1 N–H and O–H groups in total. The first-order valence-electron chi connectivity index (χ1n) is 14.6. The van der Waals surface area contributed by atoms with Crippen molar-refractivity contribution in [2.75, 3.05) is 57.8 Å². The van der Waals surface area contributed by atoms with E-state index in [0.717, 1.165) is 38.3 Å². The molecule has 214 valence electrons. The van der Waals surface area contributed by atoms with Gasteiger partial charge in [0.2, 0.25) is 11.8 Å². The largest absolute Gasteiger partial charge is 0.369 e. The van der Waals surface area contributed by atoms with Gasteiger partial charge in [0.15, 0.2) is 5.78 Å². The van der Waals surface area contributed by atoms with Gasteiger partial charge in [0, 0.05) is 63.4 Å². The lowest BCUT2D eigenvalue weighted by Gasteiger charge is -2.34. The maximum absolute atomic E-state index is 13.1. The summed E-state index contributed by atoms with van der Waals surface area (Å²) in [5, 5.41) is 2.98. The van der Waals surface area contributed by atoms with Crippen molar-refractivity contribution in [3.63, 3.8) is 0 Å². The van der Waals surface area contributed by atoms with E-state index in [-0.39, 0.29) is 42.0 Å². The summed E-state index contributed by atoms with van der Waals surface area (Å²) in [6.45, 7) is 11.3. The number of piperazine rings is 1. The van der Waals surface area contributed by atoms with Gasteiger partial charge in [-0.3, -0.25) is 19.2 Å². The van der Waals surface area contributed by atoms with Crippen molar-refractivity contribution >= 4 is 29.2 Å². The Bertz CT molecular complexity index is 1030. The van der Waals surface area contributed by atoms with Crippen LogP contribution in [0.5, 0.6) is 0 Å². The van der Waals surface area contributed by atoms with Crippen LogP contribution in [-0.4, -0.2) is 103 Å². The summed E-state index contributed by atoms with van der Waals surface area (Å²) in [5.74, 6) is 0.352. The molecular weight excluding hydrogens is 494 g/mol. The van der Waals surface area contributed by atoms with Gasteiger partial charge in [0.25, 0.3) is 5.91 Å². The minimum atomic E-state index is -0.499. The number of amides is 3. The minimum absolute atomic E-state index is 0.0249. The molecule has 0 aromatic heterocycles. The number of carbonyl (C=O) groups excluding carboxylic acids is 4. The van der Waals surface area contributed by atoms with Gasteiger partial charge < -0.3 is 24.9 Å².